The molecular weight excluding hydrogens is 138 g/mol. The normalized spacial score (nSPS) is 9.09. The maximum atomic E-state index is 8.41. The third-order valence-corrected chi connectivity index (χ3v) is 1.43. The molecule has 3 nitrogen and oxygen atoms in total. The first-order valence-electron chi connectivity index (χ1n) is 3.32. The molecule has 1 heterocycles. The third-order valence-electron chi connectivity index (χ3n) is 1.43. The number of aromatic nitrogens is 1. The van der Waals surface area contributed by atoms with Crippen molar-refractivity contribution in [2.45, 2.75) is 13.3 Å². The predicted molar refractivity (Wildman–Crippen MR) is 42.7 cm³/mol. The van der Waals surface area contributed by atoms with Crippen LogP contribution in [0.5, 0.6) is 0 Å². The lowest BCUT2D eigenvalue weighted by atomic mass is 10.1. The van der Waals surface area contributed by atoms with Gasteiger partial charge in [-0.1, -0.05) is 0 Å². The Labute approximate surface area is 65.5 Å². The van der Waals surface area contributed by atoms with Gasteiger partial charge in [-0.15, -0.1) is 0 Å². The van der Waals surface area contributed by atoms with Crippen LogP contribution in [-0.4, -0.2) is 4.98 Å². The maximum Gasteiger partial charge on any atom is 0.0670 e. The zero-order chi connectivity index (χ0) is 8.27. The molecule has 0 aliphatic rings. The number of nitriles is 1. The minimum absolute atomic E-state index is 0.356. The van der Waals surface area contributed by atoms with Crippen LogP contribution < -0.4 is 5.73 Å². The lowest BCUT2D eigenvalue weighted by Crippen LogP contribution is -1.95. The van der Waals surface area contributed by atoms with Crippen LogP contribution >= 0.6 is 0 Å². The number of pyridine rings is 1. The minimum atomic E-state index is 0.356. The average Bonchev–Trinajstić information content (AvgIpc) is 1.98. The fourth-order valence-corrected chi connectivity index (χ4v) is 0.865. The molecule has 0 atom stereocenters. The Hall–Kier alpha value is -1.56. The largest absolute Gasteiger partial charge is 0.397 e. The Bertz CT molecular complexity index is 299. The van der Waals surface area contributed by atoms with Crippen molar-refractivity contribution in [1.82, 2.24) is 4.98 Å². The summed E-state index contributed by atoms with van der Waals surface area (Å²) < 4.78 is 0. The zero-order valence-corrected chi connectivity index (χ0v) is 6.33. The monoisotopic (exact) mass is 147 g/mol. The van der Waals surface area contributed by atoms with Crippen LogP contribution in [0.15, 0.2) is 12.3 Å². The molecule has 3 heteroatoms. The zero-order valence-electron chi connectivity index (χ0n) is 6.33. The number of nitrogens with two attached hydrogens (primary N) is 1. The van der Waals surface area contributed by atoms with E-state index in [1.807, 2.05) is 19.1 Å². The molecule has 56 valence electrons. The van der Waals surface area contributed by atoms with Gasteiger partial charge >= 0.3 is 0 Å². The van der Waals surface area contributed by atoms with Gasteiger partial charge in [0.05, 0.1) is 24.4 Å². The van der Waals surface area contributed by atoms with Crippen LogP contribution in [0, 0.1) is 18.3 Å². The molecule has 1 aromatic rings. The number of hydrogen-bond donors (Lipinski definition) is 1. The van der Waals surface area contributed by atoms with Gasteiger partial charge in [0.25, 0.3) is 0 Å². The highest BCUT2D eigenvalue weighted by Crippen LogP contribution is 2.10. The second-order valence-corrected chi connectivity index (χ2v) is 2.36. The molecule has 0 radical (unpaired) electrons. The highest BCUT2D eigenvalue weighted by atomic mass is 14.7. The molecule has 11 heavy (non-hydrogen) atoms. The van der Waals surface area contributed by atoms with E-state index in [1.165, 1.54) is 0 Å². The van der Waals surface area contributed by atoms with Crippen molar-refractivity contribution in [2.75, 3.05) is 5.73 Å². The molecule has 0 amide bonds. The van der Waals surface area contributed by atoms with Crippen LogP contribution in [0.1, 0.15) is 11.3 Å². The van der Waals surface area contributed by atoms with Crippen LogP contribution in [-0.2, 0) is 6.42 Å². The summed E-state index contributed by atoms with van der Waals surface area (Å²) in [5.41, 5.74) is 7.91. The Kier molecular flexibility index (Phi) is 2.07. The second kappa shape index (κ2) is 3.02. The van der Waals surface area contributed by atoms with Gasteiger partial charge in [0.1, 0.15) is 0 Å². The summed E-state index contributed by atoms with van der Waals surface area (Å²) >= 11 is 0. The van der Waals surface area contributed by atoms with Crippen molar-refractivity contribution in [3.8, 4) is 6.07 Å². The molecule has 0 aromatic carbocycles. The van der Waals surface area contributed by atoms with Crippen molar-refractivity contribution in [3.05, 3.63) is 23.5 Å². The summed E-state index contributed by atoms with van der Waals surface area (Å²) in [6.07, 6.45) is 1.94. The van der Waals surface area contributed by atoms with Gasteiger partial charge < -0.3 is 5.73 Å². The highest BCUT2D eigenvalue weighted by Gasteiger charge is 1.97. The van der Waals surface area contributed by atoms with E-state index in [9.17, 15) is 0 Å². The number of hydrogen-bond acceptors (Lipinski definition) is 3. The summed E-state index contributed by atoms with van der Waals surface area (Å²) in [5.74, 6) is 0. The first-order chi connectivity index (χ1) is 5.24. The minimum Gasteiger partial charge on any atom is -0.397 e. The first kappa shape index (κ1) is 7.55. The SMILES string of the molecule is Cc1cc(CC#N)c(N)cn1. The quantitative estimate of drug-likeness (QED) is 0.645. The molecular formula is C8H9N3. The van der Waals surface area contributed by atoms with E-state index in [0.29, 0.717) is 12.1 Å². The van der Waals surface area contributed by atoms with Crippen molar-refractivity contribution in [1.29, 1.82) is 5.26 Å². The van der Waals surface area contributed by atoms with E-state index in [1.54, 1.807) is 6.20 Å². The molecule has 0 aliphatic heterocycles. The Morgan fingerprint density at radius 2 is 2.45 bits per heavy atom. The molecule has 2 N–H and O–H groups in total. The molecule has 0 bridgehead atoms. The molecule has 1 rings (SSSR count). The Balaban J connectivity index is 3.05. The lowest BCUT2D eigenvalue weighted by molar-refractivity contribution is 1.15. The van der Waals surface area contributed by atoms with E-state index in [2.05, 4.69) is 4.98 Å². The summed E-state index contributed by atoms with van der Waals surface area (Å²) in [6.45, 7) is 1.88. The van der Waals surface area contributed by atoms with E-state index < -0.39 is 0 Å². The molecule has 0 saturated heterocycles. The molecule has 0 spiro atoms. The Morgan fingerprint density at radius 1 is 1.73 bits per heavy atom. The van der Waals surface area contributed by atoms with Crippen LogP contribution in [0.2, 0.25) is 0 Å². The summed E-state index contributed by atoms with van der Waals surface area (Å²) in [4.78, 5) is 3.99. The maximum absolute atomic E-state index is 8.41. The van der Waals surface area contributed by atoms with E-state index in [-0.39, 0.29) is 0 Å². The Morgan fingerprint density at radius 3 is 3.09 bits per heavy atom. The van der Waals surface area contributed by atoms with Crippen LogP contribution in [0.25, 0.3) is 0 Å². The summed E-state index contributed by atoms with van der Waals surface area (Å²) in [5, 5.41) is 8.41. The van der Waals surface area contributed by atoms with Gasteiger partial charge in [0.15, 0.2) is 0 Å². The molecule has 0 aliphatic carbocycles. The van der Waals surface area contributed by atoms with Crippen molar-refractivity contribution < 1.29 is 0 Å². The van der Waals surface area contributed by atoms with Crippen LogP contribution in [0.4, 0.5) is 5.69 Å². The lowest BCUT2D eigenvalue weighted by Gasteiger charge is -2.00. The number of aryl methyl sites for hydroxylation is 1. The summed E-state index contributed by atoms with van der Waals surface area (Å²) in [6, 6.07) is 3.88. The van der Waals surface area contributed by atoms with Crippen LogP contribution in [0.3, 0.4) is 0 Å². The van der Waals surface area contributed by atoms with Crippen molar-refractivity contribution >= 4 is 5.69 Å². The average molecular weight is 147 g/mol. The standard InChI is InChI=1S/C8H9N3/c1-6-4-7(2-3-9)8(10)5-11-6/h4-5H,2,10H2,1H3. The van der Waals surface area contributed by atoms with Gasteiger partial charge in [-0.2, -0.15) is 5.26 Å². The smallest absolute Gasteiger partial charge is 0.0670 e. The number of nitrogen functional groups attached to an aromatic ring is 1. The van der Waals surface area contributed by atoms with Gasteiger partial charge in [0, 0.05) is 5.69 Å². The van der Waals surface area contributed by atoms with Gasteiger partial charge in [-0.05, 0) is 18.6 Å². The fourth-order valence-electron chi connectivity index (χ4n) is 0.865. The second-order valence-electron chi connectivity index (χ2n) is 2.36. The van der Waals surface area contributed by atoms with Crippen molar-refractivity contribution in [3.63, 3.8) is 0 Å². The van der Waals surface area contributed by atoms with Gasteiger partial charge in [-0.25, -0.2) is 0 Å². The molecule has 1 aromatic heterocycles. The fraction of sp³-hybridized carbons (Fsp3) is 0.250. The molecule has 0 saturated carbocycles. The van der Waals surface area contributed by atoms with E-state index >= 15 is 0 Å². The molecule has 0 unspecified atom stereocenters. The number of anilines is 1. The molecule has 0 fully saturated rings. The first-order valence-corrected chi connectivity index (χ1v) is 3.32. The van der Waals surface area contributed by atoms with E-state index in [0.717, 1.165) is 11.3 Å². The number of nitrogens with zero attached hydrogens (tertiary/aromatic N) is 2. The van der Waals surface area contributed by atoms with Gasteiger partial charge in [-0.3, -0.25) is 4.98 Å². The number of rotatable bonds is 1. The highest BCUT2D eigenvalue weighted by molar-refractivity contribution is 5.46. The van der Waals surface area contributed by atoms with E-state index in [4.69, 9.17) is 11.0 Å². The summed E-state index contributed by atoms with van der Waals surface area (Å²) in [7, 11) is 0. The van der Waals surface area contributed by atoms with Gasteiger partial charge in [0.2, 0.25) is 0 Å². The topological polar surface area (TPSA) is 62.7 Å². The third kappa shape index (κ3) is 1.68. The van der Waals surface area contributed by atoms with Crippen molar-refractivity contribution in [2.24, 2.45) is 0 Å². The predicted octanol–water partition coefficient (Wildman–Crippen LogP) is 1.04.